The van der Waals surface area contributed by atoms with Gasteiger partial charge in [0.15, 0.2) is 0 Å². The summed E-state index contributed by atoms with van der Waals surface area (Å²) in [5, 5.41) is 10.6. The Morgan fingerprint density at radius 2 is 1.82 bits per heavy atom. The van der Waals surface area contributed by atoms with E-state index in [2.05, 4.69) is 37.0 Å². The maximum absolute atomic E-state index is 9.61. The minimum absolute atomic E-state index is 0.130. The third kappa shape index (κ3) is 2.72. The van der Waals surface area contributed by atoms with Gasteiger partial charge in [-0.2, -0.15) is 0 Å². The van der Waals surface area contributed by atoms with Crippen molar-refractivity contribution in [3.63, 3.8) is 0 Å². The van der Waals surface area contributed by atoms with Crippen LogP contribution in [0, 0.1) is 13.8 Å². The van der Waals surface area contributed by atoms with Crippen LogP contribution >= 0.6 is 23.2 Å². The van der Waals surface area contributed by atoms with Crippen molar-refractivity contribution < 1.29 is 5.11 Å². The number of aromatic nitrogens is 2. The van der Waals surface area contributed by atoms with Gasteiger partial charge in [-0.05, 0) is 37.1 Å². The topological polar surface area (TPSA) is 38.0 Å². The van der Waals surface area contributed by atoms with Crippen molar-refractivity contribution in [2.45, 2.75) is 27.0 Å². The molecule has 0 spiro atoms. The maximum Gasteiger partial charge on any atom is 0.136 e. The highest BCUT2D eigenvalue weighted by molar-refractivity contribution is 6.42. The first kappa shape index (κ1) is 15.3. The van der Waals surface area contributed by atoms with Gasteiger partial charge in [-0.25, -0.2) is 4.98 Å². The van der Waals surface area contributed by atoms with Gasteiger partial charge in [-0.15, -0.1) is 0 Å². The van der Waals surface area contributed by atoms with Crippen LogP contribution < -0.4 is 0 Å². The number of benzene rings is 2. The van der Waals surface area contributed by atoms with E-state index in [0.717, 1.165) is 11.0 Å². The average molecular weight is 335 g/mol. The van der Waals surface area contributed by atoms with E-state index in [1.807, 2.05) is 4.57 Å². The Hall–Kier alpha value is -1.55. The number of hydrogen-bond donors (Lipinski definition) is 1. The third-order valence-electron chi connectivity index (χ3n) is 3.84. The van der Waals surface area contributed by atoms with E-state index in [4.69, 9.17) is 23.2 Å². The molecule has 0 bridgehead atoms. The molecule has 2 aromatic carbocycles. The minimum Gasteiger partial charge on any atom is -0.388 e. The van der Waals surface area contributed by atoms with E-state index in [-0.39, 0.29) is 6.61 Å². The first-order valence-electron chi connectivity index (χ1n) is 7.00. The molecule has 0 aliphatic carbocycles. The molecular weight excluding hydrogens is 319 g/mol. The normalized spacial score (nSPS) is 11.3. The lowest BCUT2D eigenvalue weighted by atomic mass is 10.1. The van der Waals surface area contributed by atoms with E-state index in [1.165, 1.54) is 16.7 Å². The zero-order valence-electron chi connectivity index (χ0n) is 12.4. The van der Waals surface area contributed by atoms with Gasteiger partial charge in [-0.1, -0.05) is 47.0 Å². The van der Waals surface area contributed by atoms with Gasteiger partial charge in [-0.3, -0.25) is 0 Å². The number of aliphatic hydroxyl groups is 1. The average Bonchev–Trinajstić information content (AvgIpc) is 2.81. The van der Waals surface area contributed by atoms with Crippen molar-refractivity contribution >= 4 is 34.2 Å². The van der Waals surface area contributed by atoms with Crippen LogP contribution in [0.1, 0.15) is 22.5 Å². The number of rotatable bonds is 3. The van der Waals surface area contributed by atoms with Crippen LogP contribution in [0.5, 0.6) is 0 Å². The molecule has 3 rings (SSSR count). The van der Waals surface area contributed by atoms with Crippen LogP contribution in [0.2, 0.25) is 10.0 Å². The van der Waals surface area contributed by atoms with Crippen LogP contribution in [-0.4, -0.2) is 14.7 Å². The van der Waals surface area contributed by atoms with Gasteiger partial charge in [0, 0.05) is 6.54 Å². The highest BCUT2D eigenvalue weighted by Crippen LogP contribution is 2.29. The standard InChI is InChI=1S/C17H16Cl2N2O/c1-10-3-4-11(2)12(5-10)8-21-16-7-14(19)13(18)6-15(16)20-17(21)9-22/h3-7,22H,8-9H2,1-2H3. The molecule has 0 amide bonds. The Balaban J connectivity index is 2.16. The number of fused-ring (bicyclic) bond motifs is 1. The lowest BCUT2D eigenvalue weighted by molar-refractivity contribution is 0.267. The number of aryl methyl sites for hydroxylation is 2. The van der Waals surface area contributed by atoms with E-state index < -0.39 is 0 Å². The first-order valence-corrected chi connectivity index (χ1v) is 7.76. The molecule has 0 aliphatic heterocycles. The largest absolute Gasteiger partial charge is 0.388 e. The van der Waals surface area contributed by atoms with Crippen molar-refractivity contribution in [3.8, 4) is 0 Å². The molecule has 22 heavy (non-hydrogen) atoms. The molecule has 1 aromatic heterocycles. The fraction of sp³-hybridized carbons (Fsp3) is 0.235. The molecule has 0 aliphatic rings. The van der Waals surface area contributed by atoms with Crippen molar-refractivity contribution in [2.24, 2.45) is 0 Å². The van der Waals surface area contributed by atoms with Gasteiger partial charge in [0.05, 0.1) is 21.1 Å². The van der Waals surface area contributed by atoms with Gasteiger partial charge >= 0.3 is 0 Å². The minimum atomic E-state index is -0.130. The SMILES string of the molecule is Cc1ccc(C)c(Cn2c(CO)nc3cc(Cl)c(Cl)cc32)c1. The second kappa shape index (κ2) is 5.92. The Morgan fingerprint density at radius 3 is 2.55 bits per heavy atom. The zero-order chi connectivity index (χ0) is 15.9. The quantitative estimate of drug-likeness (QED) is 0.765. The molecule has 0 saturated carbocycles. The fourth-order valence-corrected chi connectivity index (χ4v) is 2.92. The molecule has 3 aromatic rings. The lowest BCUT2D eigenvalue weighted by Gasteiger charge is -2.11. The number of hydrogen-bond acceptors (Lipinski definition) is 2. The van der Waals surface area contributed by atoms with E-state index in [9.17, 15) is 5.11 Å². The number of halogens is 2. The molecule has 5 heteroatoms. The second-order valence-corrected chi connectivity index (χ2v) is 6.27. The first-order chi connectivity index (χ1) is 10.5. The molecular formula is C17H16Cl2N2O. The summed E-state index contributed by atoms with van der Waals surface area (Å²) < 4.78 is 1.99. The summed E-state index contributed by atoms with van der Waals surface area (Å²) in [4.78, 5) is 4.45. The van der Waals surface area contributed by atoms with Crippen molar-refractivity contribution in [2.75, 3.05) is 0 Å². The highest BCUT2D eigenvalue weighted by atomic mass is 35.5. The molecule has 0 fully saturated rings. The number of imidazole rings is 1. The van der Waals surface area contributed by atoms with Crippen LogP contribution in [0.3, 0.4) is 0 Å². The predicted molar refractivity (Wildman–Crippen MR) is 90.7 cm³/mol. The monoisotopic (exact) mass is 334 g/mol. The van der Waals surface area contributed by atoms with Crippen molar-refractivity contribution in [1.29, 1.82) is 0 Å². The van der Waals surface area contributed by atoms with E-state index in [0.29, 0.717) is 22.4 Å². The summed E-state index contributed by atoms with van der Waals surface area (Å²) in [5.74, 6) is 0.606. The van der Waals surface area contributed by atoms with Crippen molar-refractivity contribution in [3.05, 3.63) is 62.9 Å². The zero-order valence-corrected chi connectivity index (χ0v) is 13.9. The summed E-state index contributed by atoms with van der Waals surface area (Å²) in [7, 11) is 0. The molecule has 0 saturated heterocycles. The summed E-state index contributed by atoms with van der Waals surface area (Å²) in [5.41, 5.74) is 5.22. The van der Waals surface area contributed by atoms with Crippen LogP contribution in [0.25, 0.3) is 11.0 Å². The molecule has 114 valence electrons. The van der Waals surface area contributed by atoms with E-state index in [1.54, 1.807) is 12.1 Å². The predicted octanol–water partition coefficient (Wildman–Crippen LogP) is 4.50. The molecule has 1 N–H and O–H groups in total. The van der Waals surface area contributed by atoms with Gasteiger partial charge in [0.1, 0.15) is 12.4 Å². The molecule has 0 radical (unpaired) electrons. The highest BCUT2D eigenvalue weighted by Gasteiger charge is 2.13. The number of aliphatic hydroxyl groups excluding tert-OH is 1. The smallest absolute Gasteiger partial charge is 0.136 e. The summed E-state index contributed by atoms with van der Waals surface area (Å²) >= 11 is 12.2. The second-order valence-electron chi connectivity index (χ2n) is 5.46. The van der Waals surface area contributed by atoms with Gasteiger partial charge < -0.3 is 9.67 Å². The van der Waals surface area contributed by atoms with E-state index >= 15 is 0 Å². The van der Waals surface area contributed by atoms with Gasteiger partial charge in [0.25, 0.3) is 0 Å². The lowest BCUT2D eigenvalue weighted by Crippen LogP contribution is -2.06. The molecule has 1 heterocycles. The van der Waals surface area contributed by atoms with Crippen LogP contribution in [0.15, 0.2) is 30.3 Å². The Morgan fingerprint density at radius 1 is 1.09 bits per heavy atom. The Kier molecular flexibility index (Phi) is 4.13. The Bertz CT molecular complexity index is 855. The third-order valence-corrected chi connectivity index (χ3v) is 4.57. The van der Waals surface area contributed by atoms with Crippen molar-refractivity contribution in [1.82, 2.24) is 9.55 Å². The maximum atomic E-state index is 9.61. The number of nitrogens with zero attached hydrogens (tertiary/aromatic N) is 2. The summed E-state index contributed by atoms with van der Waals surface area (Å²) in [6.07, 6.45) is 0. The fourth-order valence-electron chi connectivity index (χ4n) is 2.61. The van der Waals surface area contributed by atoms with Crippen LogP contribution in [0.4, 0.5) is 0 Å². The molecule has 0 atom stereocenters. The van der Waals surface area contributed by atoms with Gasteiger partial charge in [0.2, 0.25) is 0 Å². The summed E-state index contributed by atoms with van der Waals surface area (Å²) in [6, 6.07) is 9.88. The Labute approximate surface area is 139 Å². The molecule has 0 unspecified atom stereocenters. The molecule has 3 nitrogen and oxygen atoms in total. The summed E-state index contributed by atoms with van der Waals surface area (Å²) in [6.45, 7) is 4.65. The van der Waals surface area contributed by atoms with Crippen LogP contribution in [-0.2, 0) is 13.2 Å².